The predicted octanol–water partition coefficient (Wildman–Crippen LogP) is 8.50. The minimum atomic E-state index is -0.541. The molecule has 0 saturated heterocycles. The fourth-order valence-electron chi connectivity index (χ4n) is 8.66. The smallest absolute Gasteiger partial charge is 0.119 e. The van der Waals surface area contributed by atoms with Crippen molar-refractivity contribution in [2.24, 2.45) is 0 Å². The maximum atomic E-state index is 4.50. The van der Waals surface area contributed by atoms with Crippen molar-refractivity contribution in [1.82, 2.24) is 20.0 Å². The molecule has 4 heteroatoms. The van der Waals surface area contributed by atoms with E-state index in [2.05, 4.69) is 168 Å². The van der Waals surface area contributed by atoms with Crippen LogP contribution in [-0.2, 0) is 11.0 Å². The number of nitrogens with zero attached hydrogens (tertiary/aromatic N) is 3. The summed E-state index contributed by atoms with van der Waals surface area (Å²) < 4.78 is 0. The molecule has 1 aliphatic heterocycles. The quantitative estimate of drug-likeness (QED) is 0.226. The van der Waals surface area contributed by atoms with Gasteiger partial charge in [-0.1, -0.05) is 121 Å². The van der Waals surface area contributed by atoms with Crippen LogP contribution in [0, 0.1) is 0 Å². The van der Waals surface area contributed by atoms with E-state index in [1.807, 2.05) is 6.20 Å². The molecule has 9 rings (SSSR count). The first-order valence-corrected chi connectivity index (χ1v) is 15.7. The van der Waals surface area contributed by atoms with Gasteiger partial charge in [-0.25, -0.2) is 0 Å². The SMILES string of the molecule is CC1=C(C)N(C2(c3cccc(C4(c5ccn[nH]5)c5ccccc5-c5ccccc54)c3)c3ccccc3-c3ccccc32)CN1C. The summed E-state index contributed by atoms with van der Waals surface area (Å²) in [5.74, 6) is 0. The van der Waals surface area contributed by atoms with Gasteiger partial charge in [0.05, 0.1) is 17.8 Å². The number of hydrogen-bond acceptors (Lipinski definition) is 3. The van der Waals surface area contributed by atoms with Gasteiger partial charge in [0.1, 0.15) is 5.54 Å². The summed E-state index contributed by atoms with van der Waals surface area (Å²) in [6, 6.07) is 47.3. The second-order valence-corrected chi connectivity index (χ2v) is 12.6. The van der Waals surface area contributed by atoms with Gasteiger partial charge in [0.2, 0.25) is 0 Å². The van der Waals surface area contributed by atoms with Gasteiger partial charge >= 0.3 is 0 Å². The summed E-state index contributed by atoms with van der Waals surface area (Å²) in [6.45, 7) is 5.33. The van der Waals surface area contributed by atoms with Crippen LogP contribution in [0.4, 0.5) is 0 Å². The molecule has 218 valence electrons. The maximum absolute atomic E-state index is 4.50. The summed E-state index contributed by atoms with van der Waals surface area (Å²) in [6.07, 6.45) is 1.88. The second-order valence-electron chi connectivity index (χ2n) is 12.6. The third-order valence-electron chi connectivity index (χ3n) is 10.8. The van der Waals surface area contributed by atoms with Crippen molar-refractivity contribution in [2.45, 2.75) is 24.8 Å². The first-order chi connectivity index (χ1) is 22.1. The van der Waals surface area contributed by atoms with Gasteiger partial charge in [0.25, 0.3) is 0 Å². The number of fused-ring (bicyclic) bond motifs is 6. The summed E-state index contributed by atoms with van der Waals surface area (Å²) in [7, 11) is 2.20. The molecule has 2 heterocycles. The van der Waals surface area contributed by atoms with Crippen molar-refractivity contribution in [3.05, 3.63) is 184 Å². The normalized spacial score (nSPS) is 16.9. The number of benzene rings is 5. The molecule has 3 aliphatic rings. The van der Waals surface area contributed by atoms with Crippen molar-refractivity contribution in [3.8, 4) is 22.3 Å². The Morgan fingerprint density at radius 3 is 1.60 bits per heavy atom. The molecule has 0 atom stereocenters. The lowest BCUT2D eigenvalue weighted by molar-refractivity contribution is 0.181. The van der Waals surface area contributed by atoms with Crippen molar-refractivity contribution < 1.29 is 0 Å². The van der Waals surface area contributed by atoms with Crippen molar-refractivity contribution in [2.75, 3.05) is 13.7 Å². The highest BCUT2D eigenvalue weighted by atomic mass is 15.4. The predicted molar refractivity (Wildman–Crippen MR) is 180 cm³/mol. The van der Waals surface area contributed by atoms with Crippen LogP contribution in [0.1, 0.15) is 52.9 Å². The third kappa shape index (κ3) is 3.19. The number of H-pyrrole nitrogens is 1. The van der Waals surface area contributed by atoms with Crippen LogP contribution in [0.15, 0.2) is 145 Å². The van der Waals surface area contributed by atoms with E-state index >= 15 is 0 Å². The highest BCUT2D eigenvalue weighted by Gasteiger charge is 2.53. The fourth-order valence-corrected chi connectivity index (χ4v) is 8.66. The lowest BCUT2D eigenvalue weighted by Crippen LogP contribution is -2.46. The molecule has 0 unspecified atom stereocenters. The highest BCUT2D eigenvalue weighted by Crippen LogP contribution is 2.59. The topological polar surface area (TPSA) is 35.2 Å². The molecule has 2 aliphatic carbocycles. The van der Waals surface area contributed by atoms with E-state index in [1.165, 1.54) is 67.0 Å². The largest absolute Gasteiger partial charge is 0.359 e. The zero-order valence-corrected chi connectivity index (χ0v) is 25.8. The van der Waals surface area contributed by atoms with Gasteiger partial charge in [-0.3, -0.25) is 5.10 Å². The fraction of sp³-hybridized carbons (Fsp3) is 0.146. The first kappa shape index (κ1) is 26.1. The third-order valence-corrected chi connectivity index (χ3v) is 10.8. The molecule has 0 amide bonds. The van der Waals surface area contributed by atoms with Crippen molar-refractivity contribution in [1.29, 1.82) is 0 Å². The number of nitrogens with one attached hydrogen (secondary N) is 1. The van der Waals surface area contributed by atoms with Gasteiger partial charge in [0.15, 0.2) is 0 Å². The van der Waals surface area contributed by atoms with Crippen LogP contribution in [0.5, 0.6) is 0 Å². The van der Waals surface area contributed by atoms with E-state index in [4.69, 9.17) is 0 Å². The molecule has 45 heavy (non-hydrogen) atoms. The van der Waals surface area contributed by atoms with Crippen LogP contribution in [-0.4, -0.2) is 33.7 Å². The van der Waals surface area contributed by atoms with E-state index < -0.39 is 11.0 Å². The molecule has 0 radical (unpaired) electrons. The molecule has 0 fully saturated rings. The Morgan fingerprint density at radius 2 is 1.09 bits per heavy atom. The van der Waals surface area contributed by atoms with Gasteiger partial charge in [0, 0.05) is 24.6 Å². The van der Waals surface area contributed by atoms with E-state index in [-0.39, 0.29) is 0 Å². The molecule has 0 saturated carbocycles. The Balaban J connectivity index is 1.39. The van der Waals surface area contributed by atoms with Crippen molar-refractivity contribution in [3.63, 3.8) is 0 Å². The summed E-state index contributed by atoms with van der Waals surface area (Å²) in [4.78, 5) is 5.01. The Kier molecular flexibility index (Phi) is 5.41. The van der Waals surface area contributed by atoms with Crippen LogP contribution in [0.25, 0.3) is 22.3 Å². The summed E-state index contributed by atoms with van der Waals surface area (Å²) in [5.41, 5.74) is 15.5. The number of allylic oxidation sites excluding steroid dienone is 2. The maximum Gasteiger partial charge on any atom is 0.119 e. The minimum Gasteiger partial charge on any atom is -0.359 e. The molecular weight excluding hydrogens is 548 g/mol. The molecule has 1 N–H and O–H groups in total. The van der Waals surface area contributed by atoms with Gasteiger partial charge < -0.3 is 9.80 Å². The number of rotatable bonds is 4. The monoisotopic (exact) mass is 582 g/mol. The summed E-state index contributed by atoms with van der Waals surface area (Å²) in [5, 5.41) is 7.93. The van der Waals surface area contributed by atoms with Crippen LogP contribution in [0.3, 0.4) is 0 Å². The van der Waals surface area contributed by atoms with E-state index in [0.29, 0.717) is 0 Å². The molecule has 0 spiro atoms. The average Bonchev–Trinajstić information content (AvgIpc) is 3.85. The van der Waals surface area contributed by atoms with E-state index in [9.17, 15) is 0 Å². The van der Waals surface area contributed by atoms with Crippen molar-refractivity contribution >= 4 is 0 Å². The molecule has 1 aromatic heterocycles. The summed E-state index contributed by atoms with van der Waals surface area (Å²) >= 11 is 0. The van der Waals surface area contributed by atoms with Gasteiger partial charge in [-0.15, -0.1) is 0 Å². The van der Waals surface area contributed by atoms with E-state index in [1.54, 1.807) is 0 Å². The highest BCUT2D eigenvalue weighted by molar-refractivity contribution is 5.87. The standard InChI is InChI=1S/C41H34N4/c1-27-28(2)45(26-44(27)3)41(37-21-10-6-17-33(37)34-18-7-11-22-38(34)41)30-14-12-13-29(25-30)40(39-23-24-42-43-39)35-19-8-4-15-31(35)32-16-5-9-20-36(32)40/h4-25H,26H2,1-3H3,(H,42,43). The van der Waals surface area contributed by atoms with Gasteiger partial charge in [-0.2, -0.15) is 5.10 Å². The Bertz CT molecular complexity index is 2060. The van der Waals surface area contributed by atoms with Crippen LogP contribution >= 0.6 is 0 Å². The minimum absolute atomic E-state index is 0.508. The van der Waals surface area contributed by atoms with E-state index in [0.717, 1.165) is 12.4 Å². The number of aromatic amines is 1. The number of hydrogen-bond donors (Lipinski definition) is 1. The molecular formula is C41H34N4. The lowest BCUT2D eigenvalue weighted by atomic mass is 9.68. The van der Waals surface area contributed by atoms with Gasteiger partial charge in [-0.05, 0) is 75.5 Å². The van der Waals surface area contributed by atoms with Crippen LogP contribution in [0.2, 0.25) is 0 Å². The van der Waals surface area contributed by atoms with Crippen LogP contribution < -0.4 is 0 Å². The Hall–Kier alpha value is -5.35. The molecule has 4 nitrogen and oxygen atoms in total. The average molecular weight is 583 g/mol. The molecule has 5 aromatic carbocycles. The zero-order valence-electron chi connectivity index (χ0n) is 25.8. The second kappa shape index (κ2) is 9.33. The first-order valence-electron chi connectivity index (χ1n) is 15.7. The molecule has 0 bridgehead atoms. The zero-order chi connectivity index (χ0) is 30.3. The number of aromatic nitrogens is 2. The Morgan fingerprint density at radius 1 is 0.578 bits per heavy atom. The lowest BCUT2D eigenvalue weighted by Gasteiger charge is -2.44. The Labute approximate surface area is 264 Å². The molecule has 6 aromatic rings.